The molecule has 1 rings (SSSR count). The molecule has 0 saturated carbocycles. The summed E-state index contributed by atoms with van der Waals surface area (Å²) in [5, 5.41) is 1.07. The monoisotopic (exact) mass is 193 g/mol. The fourth-order valence-corrected chi connectivity index (χ4v) is 1.05. The standard InChI is InChI=1S/C10H11NO3/c1-11(14-2)10(13)9-6-4-3-5-8(9)7-12/h3-7H,1-2H3. The van der Waals surface area contributed by atoms with Crippen LogP contribution in [0, 0.1) is 0 Å². The lowest BCUT2D eigenvalue weighted by Crippen LogP contribution is -2.26. The van der Waals surface area contributed by atoms with Gasteiger partial charge in [-0.2, -0.15) is 0 Å². The number of carbonyl (C=O) groups is 2. The van der Waals surface area contributed by atoms with Gasteiger partial charge >= 0.3 is 0 Å². The Morgan fingerprint density at radius 3 is 2.64 bits per heavy atom. The summed E-state index contributed by atoms with van der Waals surface area (Å²) in [4.78, 5) is 27.0. The minimum Gasteiger partial charge on any atom is -0.298 e. The summed E-state index contributed by atoms with van der Waals surface area (Å²) in [7, 11) is 2.88. The van der Waals surface area contributed by atoms with Gasteiger partial charge in [0.25, 0.3) is 5.91 Å². The molecule has 1 aromatic carbocycles. The number of carbonyl (C=O) groups excluding carboxylic acids is 2. The first-order chi connectivity index (χ1) is 6.70. The summed E-state index contributed by atoms with van der Waals surface area (Å²) in [6.45, 7) is 0. The number of hydrogen-bond acceptors (Lipinski definition) is 3. The van der Waals surface area contributed by atoms with E-state index in [9.17, 15) is 9.59 Å². The Morgan fingerprint density at radius 1 is 1.43 bits per heavy atom. The SMILES string of the molecule is CON(C)C(=O)c1ccccc1C=O. The van der Waals surface area contributed by atoms with Gasteiger partial charge in [-0.1, -0.05) is 18.2 Å². The number of hydroxylamine groups is 2. The van der Waals surface area contributed by atoms with Crippen LogP contribution in [0.5, 0.6) is 0 Å². The van der Waals surface area contributed by atoms with Crippen molar-refractivity contribution in [2.75, 3.05) is 14.2 Å². The van der Waals surface area contributed by atoms with Crippen LogP contribution in [-0.4, -0.2) is 31.4 Å². The lowest BCUT2D eigenvalue weighted by atomic mass is 10.1. The highest BCUT2D eigenvalue weighted by Gasteiger charge is 2.14. The fourth-order valence-electron chi connectivity index (χ4n) is 1.05. The second-order valence-electron chi connectivity index (χ2n) is 2.69. The predicted molar refractivity (Wildman–Crippen MR) is 50.9 cm³/mol. The van der Waals surface area contributed by atoms with Crippen LogP contribution >= 0.6 is 0 Å². The van der Waals surface area contributed by atoms with Gasteiger partial charge in [-0.05, 0) is 6.07 Å². The zero-order valence-corrected chi connectivity index (χ0v) is 8.06. The Bertz CT molecular complexity index is 349. The summed E-state index contributed by atoms with van der Waals surface area (Å²) < 4.78 is 0. The van der Waals surface area contributed by atoms with Crippen molar-refractivity contribution in [2.24, 2.45) is 0 Å². The quantitative estimate of drug-likeness (QED) is 0.534. The number of rotatable bonds is 3. The maximum Gasteiger partial charge on any atom is 0.277 e. The van der Waals surface area contributed by atoms with E-state index in [0.717, 1.165) is 5.06 Å². The maximum atomic E-state index is 11.6. The van der Waals surface area contributed by atoms with E-state index >= 15 is 0 Å². The molecule has 0 heterocycles. The minimum atomic E-state index is -0.338. The van der Waals surface area contributed by atoms with Crippen molar-refractivity contribution in [3.8, 4) is 0 Å². The number of hydrogen-bond donors (Lipinski definition) is 0. The molecule has 0 spiro atoms. The van der Waals surface area contributed by atoms with Crippen molar-refractivity contribution < 1.29 is 14.4 Å². The molecular weight excluding hydrogens is 182 g/mol. The number of benzene rings is 1. The third kappa shape index (κ3) is 1.97. The molecule has 0 aliphatic heterocycles. The minimum absolute atomic E-state index is 0.338. The van der Waals surface area contributed by atoms with E-state index in [-0.39, 0.29) is 5.91 Å². The van der Waals surface area contributed by atoms with Gasteiger partial charge in [0.2, 0.25) is 0 Å². The summed E-state index contributed by atoms with van der Waals surface area (Å²) in [5.74, 6) is -0.338. The molecule has 0 N–H and O–H groups in total. The van der Waals surface area contributed by atoms with E-state index in [4.69, 9.17) is 4.84 Å². The van der Waals surface area contributed by atoms with Crippen LogP contribution in [0.2, 0.25) is 0 Å². The predicted octanol–water partition coefficient (Wildman–Crippen LogP) is 1.13. The van der Waals surface area contributed by atoms with Gasteiger partial charge in [0.15, 0.2) is 6.29 Å². The molecule has 0 unspecified atom stereocenters. The summed E-state index contributed by atoms with van der Waals surface area (Å²) in [6, 6.07) is 6.57. The van der Waals surface area contributed by atoms with Crippen LogP contribution in [-0.2, 0) is 4.84 Å². The molecule has 1 amide bonds. The molecule has 74 valence electrons. The zero-order chi connectivity index (χ0) is 10.6. The third-order valence-corrected chi connectivity index (χ3v) is 1.88. The fraction of sp³-hybridized carbons (Fsp3) is 0.200. The van der Waals surface area contributed by atoms with Gasteiger partial charge in [-0.3, -0.25) is 14.4 Å². The van der Waals surface area contributed by atoms with Crippen LogP contribution in [0.3, 0.4) is 0 Å². The van der Waals surface area contributed by atoms with Gasteiger partial charge in [0, 0.05) is 12.6 Å². The van der Waals surface area contributed by atoms with Gasteiger partial charge in [0.05, 0.1) is 12.7 Å². The molecule has 4 nitrogen and oxygen atoms in total. The van der Waals surface area contributed by atoms with Crippen molar-refractivity contribution in [3.05, 3.63) is 35.4 Å². The second-order valence-corrected chi connectivity index (χ2v) is 2.69. The van der Waals surface area contributed by atoms with Crippen molar-refractivity contribution in [3.63, 3.8) is 0 Å². The lowest BCUT2D eigenvalue weighted by Gasteiger charge is -2.14. The second kappa shape index (κ2) is 4.53. The van der Waals surface area contributed by atoms with Crippen molar-refractivity contribution in [1.29, 1.82) is 0 Å². The van der Waals surface area contributed by atoms with Gasteiger partial charge in [0.1, 0.15) is 0 Å². The molecule has 0 fully saturated rings. The molecule has 0 radical (unpaired) electrons. The Morgan fingerprint density at radius 2 is 2.07 bits per heavy atom. The van der Waals surface area contributed by atoms with Gasteiger partial charge in [-0.15, -0.1) is 0 Å². The molecule has 14 heavy (non-hydrogen) atoms. The highest BCUT2D eigenvalue weighted by atomic mass is 16.7. The number of aldehydes is 1. The first-order valence-electron chi connectivity index (χ1n) is 4.07. The smallest absolute Gasteiger partial charge is 0.277 e. The van der Waals surface area contributed by atoms with Gasteiger partial charge < -0.3 is 0 Å². The van der Waals surface area contributed by atoms with Crippen molar-refractivity contribution in [2.45, 2.75) is 0 Å². The molecule has 0 atom stereocenters. The molecule has 0 aliphatic rings. The zero-order valence-electron chi connectivity index (χ0n) is 8.06. The molecule has 4 heteroatoms. The highest BCUT2D eigenvalue weighted by Crippen LogP contribution is 2.08. The number of amides is 1. The third-order valence-electron chi connectivity index (χ3n) is 1.88. The first kappa shape index (κ1) is 10.4. The Hall–Kier alpha value is -1.68. The molecule has 0 bridgehead atoms. The molecule has 0 aromatic heterocycles. The van der Waals surface area contributed by atoms with Crippen LogP contribution in [0.1, 0.15) is 20.7 Å². The number of nitrogens with zero attached hydrogens (tertiary/aromatic N) is 1. The van der Waals surface area contributed by atoms with E-state index in [0.29, 0.717) is 17.4 Å². The average molecular weight is 193 g/mol. The summed E-state index contributed by atoms with van der Waals surface area (Å²) in [6.07, 6.45) is 0.650. The van der Waals surface area contributed by atoms with E-state index < -0.39 is 0 Å². The van der Waals surface area contributed by atoms with E-state index in [1.807, 2.05) is 0 Å². The van der Waals surface area contributed by atoms with Crippen LogP contribution in [0.15, 0.2) is 24.3 Å². The van der Waals surface area contributed by atoms with Crippen LogP contribution in [0.4, 0.5) is 0 Å². The lowest BCUT2D eigenvalue weighted by molar-refractivity contribution is -0.0757. The summed E-state index contributed by atoms with van der Waals surface area (Å²) >= 11 is 0. The normalized spacial score (nSPS) is 9.57. The van der Waals surface area contributed by atoms with Crippen LogP contribution < -0.4 is 0 Å². The van der Waals surface area contributed by atoms with Gasteiger partial charge in [-0.25, -0.2) is 5.06 Å². The highest BCUT2D eigenvalue weighted by molar-refractivity contribution is 6.00. The molecule has 0 aliphatic carbocycles. The average Bonchev–Trinajstić information content (AvgIpc) is 2.26. The Kier molecular flexibility index (Phi) is 3.36. The first-order valence-corrected chi connectivity index (χ1v) is 4.07. The molecule has 1 aromatic rings. The Labute approximate surface area is 82.0 Å². The van der Waals surface area contributed by atoms with Crippen molar-refractivity contribution in [1.82, 2.24) is 5.06 Å². The topological polar surface area (TPSA) is 46.6 Å². The Balaban J connectivity index is 3.05. The summed E-state index contributed by atoms with van der Waals surface area (Å²) in [5.41, 5.74) is 0.702. The van der Waals surface area contributed by atoms with Crippen LogP contribution in [0.25, 0.3) is 0 Å². The van der Waals surface area contributed by atoms with E-state index in [1.165, 1.54) is 14.2 Å². The van der Waals surface area contributed by atoms with E-state index in [2.05, 4.69) is 0 Å². The maximum absolute atomic E-state index is 11.6. The van der Waals surface area contributed by atoms with E-state index in [1.54, 1.807) is 24.3 Å². The largest absolute Gasteiger partial charge is 0.298 e. The molecule has 0 saturated heterocycles. The van der Waals surface area contributed by atoms with Crippen molar-refractivity contribution >= 4 is 12.2 Å². The molecular formula is C10H11NO3.